The highest BCUT2D eigenvalue weighted by Crippen LogP contribution is 2.27. The topological polar surface area (TPSA) is 77.8 Å². The van der Waals surface area contributed by atoms with Crippen LogP contribution in [0.25, 0.3) is 0 Å². The van der Waals surface area contributed by atoms with Crippen molar-refractivity contribution in [3.63, 3.8) is 0 Å². The van der Waals surface area contributed by atoms with Crippen molar-refractivity contribution in [1.82, 2.24) is 0 Å². The molecule has 0 fully saturated rings. The van der Waals surface area contributed by atoms with Crippen LogP contribution in [-0.4, -0.2) is 32.3 Å². The van der Waals surface area contributed by atoms with Crippen LogP contribution < -0.4 is 0 Å². The summed E-state index contributed by atoms with van der Waals surface area (Å²) >= 11 is 0.961. The van der Waals surface area contributed by atoms with Crippen molar-refractivity contribution in [3.8, 4) is 5.75 Å². The molecule has 0 aliphatic heterocycles. The lowest BCUT2D eigenvalue weighted by molar-refractivity contribution is -0.109. The predicted molar refractivity (Wildman–Crippen MR) is 66.9 cm³/mol. The Labute approximate surface area is 104 Å². The maximum absolute atomic E-state index is 10.8. The lowest BCUT2D eigenvalue weighted by atomic mass is 9.99. The van der Waals surface area contributed by atoms with Gasteiger partial charge in [0.15, 0.2) is 5.12 Å². The van der Waals surface area contributed by atoms with Crippen LogP contribution in [-0.2, 0) is 4.79 Å². The van der Waals surface area contributed by atoms with Crippen molar-refractivity contribution >= 4 is 16.9 Å². The molecule has 3 N–H and O–H groups in total. The summed E-state index contributed by atoms with van der Waals surface area (Å²) in [6.07, 6.45) is -2.14. The molecule has 0 aliphatic rings. The summed E-state index contributed by atoms with van der Waals surface area (Å²) in [6.45, 7) is 3.07. The van der Waals surface area contributed by atoms with E-state index in [0.717, 1.165) is 11.8 Å². The number of benzene rings is 1. The lowest BCUT2D eigenvalue weighted by Crippen LogP contribution is -2.22. The van der Waals surface area contributed by atoms with Crippen LogP contribution in [0.2, 0.25) is 0 Å². The first-order valence-electron chi connectivity index (χ1n) is 5.21. The highest BCUT2D eigenvalue weighted by Gasteiger charge is 2.21. The quantitative estimate of drug-likeness (QED) is 0.758. The molecule has 2 unspecified atom stereocenters. The van der Waals surface area contributed by atoms with E-state index in [0.29, 0.717) is 11.1 Å². The molecule has 1 aromatic carbocycles. The van der Waals surface area contributed by atoms with E-state index in [-0.39, 0.29) is 16.6 Å². The molecule has 0 saturated carbocycles. The van der Waals surface area contributed by atoms with Gasteiger partial charge in [-0.25, -0.2) is 0 Å². The Bertz CT molecular complexity index is 405. The van der Waals surface area contributed by atoms with Crippen LogP contribution in [0, 0.1) is 6.92 Å². The first-order valence-corrected chi connectivity index (χ1v) is 6.20. The van der Waals surface area contributed by atoms with Gasteiger partial charge in [0.05, 0.1) is 6.10 Å². The average Bonchev–Trinajstić information content (AvgIpc) is 2.28. The number of rotatable bonds is 4. The molecule has 0 radical (unpaired) electrons. The number of aliphatic hydroxyl groups excluding tert-OH is 2. The molecule has 1 aromatic rings. The summed E-state index contributed by atoms with van der Waals surface area (Å²) in [5, 5.41) is 29.0. The normalized spacial score (nSPS) is 14.4. The number of carbonyl (C=O) groups excluding carboxylic acids is 1. The van der Waals surface area contributed by atoms with Crippen molar-refractivity contribution in [1.29, 1.82) is 0 Å². The predicted octanol–water partition coefficient (Wildman–Crippen LogP) is 1.37. The number of aliphatic hydroxyl groups is 2. The van der Waals surface area contributed by atoms with Crippen LogP contribution in [0.3, 0.4) is 0 Å². The van der Waals surface area contributed by atoms with Gasteiger partial charge in [0, 0.05) is 12.7 Å². The first kappa shape index (κ1) is 14.0. The fourth-order valence-corrected chi connectivity index (χ4v) is 2.05. The van der Waals surface area contributed by atoms with Gasteiger partial charge in [0.1, 0.15) is 11.9 Å². The zero-order valence-corrected chi connectivity index (χ0v) is 10.6. The summed E-state index contributed by atoms with van der Waals surface area (Å²) in [6, 6.07) is 4.76. The van der Waals surface area contributed by atoms with Crippen molar-refractivity contribution in [3.05, 3.63) is 29.3 Å². The van der Waals surface area contributed by atoms with Crippen LogP contribution in [0.15, 0.2) is 18.2 Å². The van der Waals surface area contributed by atoms with Gasteiger partial charge in [0.2, 0.25) is 0 Å². The van der Waals surface area contributed by atoms with Crippen molar-refractivity contribution in [2.75, 3.05) is 5.75 Å². The molecule has 0 bridgehead atoms. The molecule has 0 aromatic heterocycles. The Morgan fingerprint density at radius 1 is 1.41 bits per heavy atom. The minimum Gasteiger partial charge on any atom is -0.508 e. The molecule has 0 amide bonds. The Kier molecular flexibility index (Phi) is 4.99. The highest BCUT2D eigenvalue weighted by atomic mass is 32.2. The van der Waals surface area contributed by atoms with E-state index in [2.05, 4.69) is 0 Å². The van der Waals surface area contributed by atoms with Gasteiger partial charge in [-0.15, -0.1) is 0 Å². The standard InChI is InChI=1S/C12H16O4S/c1-7-9(4-3-5-10(7)14)12(16)11(15)6-17-8(2)13/h3-5,11-12,14-16H,6H2,1-2H3. The Balaban J connectivity index is 2.77. The third-order valence-corrected chi connectivity index (χ3v) is 3.40. The first-order chi connectivity index (χ1) is 7.93. The number of thioether (sulfide) groups is 1. The number of hydrogen-bond donors (Lipinski definition) is 3. The number of hydrogen-bond acceptors (Lipinski definition) is 5. The molecule has 0 saturated heterocycles. The van der Waals surface area contributed by atoms with Crippen molar-refractivity contribution < 1.29 is 20.1 Å². The zero-order valence-electron chi connectivity index (χ0n) is 9.75. The fourth-order valence-electron chi connectivity index (χ4n) is 1.46. The second-order valence-corrected chi connectivity index (χ2v) is 5.00. The highest BCUT2D eigenvalue weighted by molar-refractivity contribution is 8.13. The summed E-state index contributed by atoms with van der Waals surface area (Å²) in [4.78, 5) is 10.8. The molecule has 2 atom stereocenters. The van der Waals surface area contributed by atoms with Crippen molar-refractivity contribution in [2.24, 2.45) is 0 Å². The van der Waals surface area contributed by atoms with E-state index in [1.54, 1.807) is 19.1 Å². The summed E-state index contributed by atoms with van der Waals surface area (Å²) in [5.74, 6) is 0.207. The van der Waals surface area contributed by atoms with E-state index in [4.69, 9.17) is 0 Å². The Morgan fingerprint density at radius 3 is 2.65 bits per heavy atom. The Hall–Kier alpha value is -1.04. The number of aromatic hydroxyl groups is 1. The second kappa shape index (κ2) is 6.05. The number of phenolic OH excluding ortho intramolecular Hbond substituents is 1. The minimum atomic E-state index is -1.10. The summed E-state index contributed by atoms with van der Waals surface area (Å²) in [7, 11) is 0. The SMILES string of the molecule is CC(=O)SCC(O)C(O)c1cccc(O)c1C. The fraction of sp³-hybridized carbons (Fsp3) is 0.417. The minimum absolute atomic E-state index is 0.0768. The van der Waals surface area contributed by atoms with Gasteiger partial charge >= 0.3 is 0 Å². The molecule has 5 heteroatoms. The maximum Gasteiger partial charge on any atom is 0.185 e. The smallest absolute Gasteiger partial charge is 0.185 e. The monoisotopic (exact) mass is 256 g/mol. The summed E-state index contributed by atoms with van der Waals surface area (Å²) < 4.78 is 0. The maximum atomic E-state index is 10.8. The number of phenols is 1. The number of carbonyl (C=O) groups is 1. The molecule has 0 heterocycles. The van der Waals surface area contributed by atoms with Crippen LogP contribution >= 0.6 is 11.8 Å². The zero-order chi connectivity index (χ0) is 13.0. The third-order valence-electron chi connectivity index (χ3n) is 2.49. The van der Waals surface area contributed by atoms with Crippen LogP contribution in [0.1, 0.15) is 24.2 Å². The third kappa shape index (κ3) is 3.73. The summed E-state index contributed by atoms with van der Waals surface area (Å²) in [5.41, 5.74) is 1.01. The van der Waals surface area contributed by atoms with Crippen LogP contribution in [0.4, 0.5) is 0 Å². The van der Waals surface area contributed by atoms with E-state index in [1.807, 2.05) is 0 Å². The molecular weight excluding hydrogens is 240 g/mol. The van der Waals surface area contributed by atoms with Gasteiger partial charge in [-0.3, -0.25) is 4.79 Å². The Morgan fingerprint density at radius 2 is 2.06 bits per heavy atom. The van der Waals surface area contributed by atoms with E-state index >= 15 is 0 Å². The van der Waals surface area contributed by atoms with Gasteiger partial charge in [0.25, 0.3) is 0 Å². The van der Waals surface area contributed by atoms with E-state index in [1.165, 1.54) is 13.0 Å². The molecule has 0 aliphatic carbocycles. The molecule has 17 heavy (non-hydrogen) atoms. The largest absolute Gasteiger partial charge is 0.508 e. The van der Waals surface area contributed by atoms with Crippen LogP contribution in [0.5, 0.6) is 5.75 Å². The van der Waals surface area contributed by atoms with Crippen molar-refractivity contribution in [2.45, 2.75) is 26.1 Å². The average molecular weight is 256 g/mol. The van der Waals surface area contributed by atoms with Gasteiger partial charge in [-0.05, 0) is 24.1 Å². The van der Waals surface area contributed by atoms with Gasteiger partial charge in [-0.1, -0.05) is 23.9 Å². The molecule has 4 nitrogen and oxygen atoms in total. The second-order valence-electron chi connectivity index (χ2n) is 3.81. The van der Waals surface area contributed by atoms with Gasteiger partial charge in [-0.2, -0.15) is 0 Å². The lowest BCUT2D eigenvalue weighted by Gasteiger charge is -2.19. The molecule has 1 rings (SSSR count). The molecule has 0 spiro atoms. The molecule has 94 valence electrons. The van der Waals surface area contributed by atoms with E-state index < -0.39 is 12.2 Å². The van der Waals surface area contributed by atoms with E-state index in [9.17, 15) is 20.1 Å². The molecular formula is C12H16O4S. The van der Waals surface area contributed by atoms with Gasteiger partial charge < -0.3 is 15.3 Å².